The van der Waals surface area contributed by atoms with Gasteiger partial charge in [-0.15, -0.1) is 0 Å². The molecule has 88 valence electrons. The highest BCUT2D eigenvalue weighted by atomic mass is 16.5. The number of nitrogens with two attached hydrogens (primary N) is 1. The molecule has 1 atom stereocenters. The van der Waals surface area contributed by atoms with Crippen LogP contribution in [0.1, 0.15) is 32.6 Å². The number of hydrogen-bond donors (Lipinski definition) is 1. The maximum Gasteiger partial charge on any atom is 0.224 e. The lowest BCUT2D eigenvalue weighted by Gasteiger charge is -2.35. The first-order chi connectivity index (χ1) is 7.29. The summed E-state index contributed by atoms with van der Waals surface area (Å²) in [5.74, 6) is 0.182. The molecule has 0 unspecified atom stereocenters. The van der Waals surface area contributed by atoms with Crippen LogP contribution in [-0.4, -0.2) is 43.2 Å². The molecule has 0 aromatic heterocycles. The summed E-state index contributed by atoms with van der Waals surface area (Å²) >= 11 is 0. The van der Waals surface area contributed by atoms with Gasteiger partial charge in [0.15, 0.2) is 0 Å². The van der Waals surface area contributed by atoms with Gasteiger partial charge in [0, 0.05) is 26.1 Å². The van der Waals surface area contributed by atoms with Crippen molar-refractivity contribution in [2.45, 2.75) is 38.6 Å². The van der Waals surface area contributed by atoms with E-state index < -0.39 is 0 Å². The van der Waals surface area contributed by atoms with Crippen molar-refractivity contribution in [3.05, 3.63) is 0 Å². The normalized spacial score (nSPS) is 21.7. The molecule has 4 heteroatoms. The average Bonchev–Trinajstić information content (AvgIpc) is 2.27. The number of carbonyl (C=O) groups is 1. The largest absolute Gasteiger partial charge is 0.380 e. The Balaban J connectivity index is 2.45. The van der Waals surface area contributed by atoms with Crippen molar-refractivity contribution >= 4 is 5.91 Å². The van der Waals surface area contributed by atoms with Gasteiger partial charge in [-0.05, 0) is 26.2 Å². The first-order valence-electron chi connectivity index (χ1n) is 5.86. The van der Waals surface area contributed by atoms with E-state index in [1.165, 1.54) is 6.42 Å². The van der Waals surface area contributed by atoms with Crippen LogP contribution in [0.5, 0.6) is 0 Å². The van der Waals surface area contributed by atoms with E-state index in [-0.39, 0.29) is 11.9 Å². The molecule has 15 heavy (non-hydrogen) atoms. The molecule has 1 fully saturated rings. The summed E-state index contributed by atoms with van der Waals surface area (Å²) in [6, 6.07) is 0.276. The molecule has 1 aliphatic rings. The van der Waals surface area contributed by atoms with Crippen molar-refractivity contribution in [2.24, 2.45) is 5.73 Å². The molecule has 1 saturated heterocycles. The predicted octanol–water partition coefficient (Wildman–Crippen LogP) is 0.753. The van der Waals surface area contributed by atoms with Crippen molar-refractivity contribution in [1.29, 1.82) is 0 Å². The second-order valence-corrected chi connectivity index (χ2v) is 3.93. The van der Waals surface area contributed by atoms with Gasteiger partial charge in [-0.3, -0.25) is 4.79 Å². The number of rotatable bonds is 5. The summed E-state index contributed by atoms with van der Waals surface area (Å²) in [5.41, 5.74) is 5.40. The molecule has 0 bridgehead atoms. The Morgan fingerprint density at radius 3 is 3.00 bits per heavy atom. The van der Waals surface area contributed by atoms with Crippen LogP contribution >= 0.6 is 0 Å². The number of ether oxygens (including phenoxy) is 1. The van der Waals surface area contributed by atoms with E-state index in [2.05, 4.69) is 0 Å². The molecule has 0 aliphatic carbocycles. The standard InChI is InChI=1S/C11H22N2O2/c1-2-15-9-10-5-3-4-8-13(10)11(14)6-7-12/h10H,2-9,12H2,1H3/t10-/m1/s1. The summed E-state index contributed by atoms with van der Waals surface area (Å²) in [5, 5.41) is 0. The third kappa shape index (κ3) is 3.80. The Kier molecular flexibility index (Phi) is 5.65. The van der Waals surface area contributed by atoms with E-state index in [4.69, 9.17) is 10.5 Å². The Hall–Kier alpha value is -0.610. The zero-order valence-electron chi connectivity index (χ0n) is 9.58. The molecule has 2 N–H and O–H groups in total. The van der Waals surface area contributed by atoms with Gasteiger partial charge in [0.1, 0.15) is 0 Å². The summed E-state index contributed by atoms with van der Waals surface area (Å²) in [7, 11) is 0. The van der Waals surface area contributed by atoms with Gasteiger partial charge >= 0.3 is 0 Å². The number of piperidine rings is 1. The number of amides is 1. The fourth-order valence-electron chi connectivity index (χ4n) is 2.02. The zero-order chi connectivity index (χ0) is 11.1. The number of likely N-dealkylation sites (tertiary alicyclic amines) is 1. The Bertz CT molecular complexity index is 197. The van der Waals surface area contributed by atoms with Gasteiger partial charge in [-0.25, -0.2) is 0 Å². The highest BCUT2D eigenvalue weighted by molar-refractivity contribution is 5.76. The molecule has 1 heterocycles. The van der Waals surface area contributed by atoms with Crippen LogP contribution in [0, 0.1) is 0 Å². The summed E-state index contributed by atoms with van der Waals surface area (Å²) in [4.78, 5) is 13.7. The van der Waals surface area contributed by atoms with Gasteiger partial charge in [0.2, 0.25) is 5.91 Å². The second-order valence-electron chi connectivity index (χ2n) is 3.93. The second kappa shape index (κ2) is 6.80. The molecule has 1 aliphatic heterocycles. The lowest BCUT2D eigenvalue weighted by molar-refractivity contribution is -0.136. The smallest absolute Gasteiger partial charge is 0.224 e. The molecular formula is C11H22N2O2. The molecule has 1 rings (SSSR count). The summed E-state index contributed by atoms with van der Waals surface area (Å²) < 4.78 is 5.41. The van der Waals surface area contributed by atoms with Gasteiger partial charge < -0.3 is 15.4 Å². The van der Waals surface area contributed by atoms with Crippen molar-refractivity contribution in [3.8, 4) is 0 Å². The Labute approximate surface area is 91.8 Å². The average molecular weight is 214 g/mol. The van der Waals surface area contributed by atoms with Crippen LogP contribution < -0.4 is 5.73 Å². The van der Waals surface area contributed by atoms with Crippen LogP contribution in [0.15, 0.2) is 0 Å². The van der Waals surface area contributed by atoms with Gasteiger partial charge in [0.25, 0.3) is 0 Å². The molecule has 1 amide bonds. The lowest BCUT2D eigenvalue weighted by Crippen LogP contribution is -2.46. The van der Waals surface area contributed by atoms with Crippen LogP contribution in [0.4, 0.5) is 0 Å². The lowest BCUT2D eigenvalue weighted by atomic mass is 10.0. The topological polar surface area (TPSA) is 55.6 Å². The molecule has 0 spiro atoms. The highest BCUT2D eigenvalue weighted by Gasteiger charge is 2.25. The number of nitrogens with zero attached hydrogens (tertiary/aromatic N) is 1. The maximum atomic E-state index is 11.8. The monoisotopic (exact) mass is 214 g/mol. The van der Waals surface area contributed by atoms with Crippen molar-refractivity contribution in [3.63, 3.8) is 0 Å². The molecule has 0 aromatic rings. The quantitative estimate of drug-likeness (QED) is 0.735. The molecule has 4 nitrogen and oxygen atoms in total. The summed E-state index contributed by atoms with van der Waals surface area (Å²) in [6.45, 7) is 4.68. The van der Waals surface area contributed by atoms with E-state index in [9.17, 15) is 4.79 Å². The first kappa shape index (κ1) is 12.5. The fourth-order valence-corrected chi connectivity index (χ4v) is 2.02. The predicted molar refractivity (Wildman–Crippen MR) is 59.5 cm³/mol. The van der Waals surface area contributed by atoms with E-state index in [0.29, 0.717) is 19.6 Å². The van der Waals surface area contributed by atoms with Crippen LogP contribution in [0.2, 0.25) is 0 Å². The minimum atomic E-state index is 0.182. The van der Waals surface area contributed by atoms with Crippen molar-refractivity contribution in [2.75, 3.05) is 26.3 Å². The molecule has 0 aromatic carbocycles. The Morgan fingerprint density at radius 1 is 1.53 bits per heavy atom. The highest BCUT2D eigenvalue weighted by Crippen LogP contribution is 2.18. The van der Waals surface area contributed by atoms with E-state index in [0.717, 1.165) is 26.0 Å². The van der Waals surface area contributed by atoms with Crippen molar-refractivity contribution < 1.29 is 9.53 Å². The van der Waals surface area contributed by atoms with Gasteiger partial charge in [-0.1, -0.05) is 0 Å². The van der Waals surface area contributed by atoms with E-state index >= 15 is 0 Å². The molecule has 0 radical (unpaired) electrons. The van der Waals surface area contributed by atoms with Crippen molar-refractivity contribution in [1.82, 2.24) is 4.90 Å². The fraction of sp³-hybridized carbons (Fsp3) is 0.909. The molecular weight excluding hydrogens is 192 g/mol. The first-order valence-corrected chi connectivity index (χ1v) is 5.86. The minimum Gasteiger partial charge on any atom is -0.380 e. The minimum absolute atomic E-state index is 0.182. The third-order valence-corrected chi connectivity index (χ3v) is 2.82. The SMILES string of the molecule is CCOC[C@H]1CCCCN1C(=O)CCN. The zero-order valence-corrected chi connectivity index (χ0v) is 9.58. The maximum absolute atomic E-state index is 11.8. The van der Waals surface area contributed by atoms with Crippen LogP contribution in [-0.2, 0) is 9.53 Å². The van der Waals surface area contributed by atoms with Crippen LogP contribution in [0.25, 0.3) is 0 Å². The number of hydrogen-bond acceptors (Lipinski definition) is 3. The number of carbonyl (C=O) groups excluding carboxylic acids is 1. The third-order valence-electron chi connectivity index (χ3n) is 2.82. The Morgan fingerprint density at radius 2 is 2.33 bits per heavy atom. The van der Waals surface area contributed by atoms with Gasteiger partial charge in [-0.2, -0.15) is 0 Å². The van der Waals surface area contributed by atoms with E-state index in [1.807, 2.05) is 11.8 Å². The van der Waals surface area contributed by atoms with Gasteiger partial charge in [0.05, 0.1) is 12.6 Å². The summed E-state index contributed by atoms with van der Waals surface area (Å²) in [6.07, 6.45) is 3.84. The van der Waals surface area contributed by atoms with Crippen LogP contribution in [0.3, 0.4) is 0 Å². The molecule has 0 saturated carbocycles. The van der Waals surface area contributed by atoms with E-state index in [1.54, 1.807) is 0 Å².